The number of benzene rings is 1. The van der Waals surface area contributed by atoms with Crippen LogP contribution in [0.5, 0.6) is 11.5 Å². The highest BCUT2D eigenvalue weighted by Crippen LogP contribution is 2.42. The van der Waals surface area contributed by atoms with Gasteiger partial charge in [0.25, 0.3) is 5.91 Å². The zero-order valence-electron chi connectivity index (χ0n) is 19.2. The quantitative estimate of drug-likeness (QED) is 0.320. The van der Waals surface area contributed by atoms with Crippen molar-refractivity contribution in [2.24, 2.45) is 0 Å². The summed E-state index contributed by atoms with van der Waals surface area (Å²) in [5, 5.41) is 12.6. The largest absolute Gasteiger partial charge is 0.503 e. The van der Waals surface area contributed by atoms with E-state index in [2.05, 4.69) is 4.98 Å². The van der Waals surface area contributed by atoms with Crippen molar-refractivity contribution >= 4 is 23.0 Å². The molecule has 1 aromatic carbocycles. The lowest BCUT2D eigenvalue weighted by molar-refractivity contribution is -0.695. The fourth-order valence-corrected chi connectivity index (χ4v) is 4.80. The number of rotatable bonds is 11. The molecule has 3 heterocycles. The number of nitrogens with zero attached hydrogens (tertiary/aromatic N) is 2. The number of Topliss-reactive ketones (excluding diaryl/α,β-unsaturated/α-hetero) is 1. The van der Waals surface area contributed by atoms with Crippen molar-refractivity contribution in [3.63, 3.8) is 0 Å². The second kappa shape index (κ2) is 10.6. The van der Waals surface area contributed by atoms with Crippen LogP contribution in [0.4, 0.5) is 0 Å². The van der Waals surface area contributed by atoms with Crippen molar-refractivity contribution in [1.82, 2.24) is 9.88 Å². The van der Waals surface area contributed by atoms with E-state index in [1.807, 2.05) is 43.2 Å². The van der Waals surface area contributed by atoms with Crippen LogP contribution in [0.3, 0.4) is 0 Å². The summed E-state index contributed by atoms with van der Waals surface area (Å²) in [5.41, 5.74) is 0.770. The van der Waals surface area contributed by atoms with Crippen LogP contribution in [0, 0.1) is 0 Å². The first-order chi connectivity index (χ1) is 16.5. The summed E-state index contributed by atoms with van der Waals surface area (Å²) in [7, 11) is 0. The van der Waals surface area contributed by atoms with Gasteiger partial charge >= 0.3 is 0 Å². The van der Waals surface area contributed by atoms with Gasteiger partial charge < -0.3 is 19.5 Å². The van der Waals surface area contributed by atoms with Crippen LogP contribution in [-0.4, -0.2) is 46.4 Å². The van der Waals surface area contributed by atoms with Crippen LogP contribution in [0.2, 0.25) is 0 Å². The number of aryl methyl sites for hydroxylation is 1. The highest BCUT2D eigenvalue weighted by Gasteiger charge is 2.44. The van der Waals surface area contributed by atoms with Crippen molar-refractivity contribution in [2.45, 2.75) is 32.9 Å². The minimum absolute atomic E-state index is 0.0911. The third-order valence-electron chi connectivity index (χ3n) is 5.59. The van der Waals surface area contributed by atoms with Gasteiger partial charge in [-0.2, -0.15) is 0 Å². The van der Waals surface area contributed by atoms with Crippen molar-refractivity contribution < 1.29 is 28.7 Å². The maximum absolute atomic E-state index is 13.4. The van der Waals surface area contributed by atoms with Crippen molar-refractivity contribution in [2.75, 3.05) is 19.8 Å². The van der Waals surface area contributed by atoms with Gasteiger partial charge in [-0.1, -0.05) is 12.1 Å². The van der Waals surface area contributed by atoms with Gasteiger partial charge in [0.2, 0.25) is 12.1 Å². The van der Waals surface area contributed by atoms with Gasteiger partial charge in [0.15, 0.2) is 17.3 Å². The van der Waals surface area contributed by atoms with Crippen LogP contribution in [0.1, 0.15) is 41.5 Å². The molecular formula is C25H28N3O5S+. The predicted molar refractivity (Wildman–Crippen MR) is 127 cm³/mol. The molecule has 0 saturated heterocycles. The van der Waals surface area contributed by atoms with Crippen molar-refractivity contribution in [3.05, 3.63) is 76.2 Å². The number of carbonyl (C=O) groups excluding carboxylic acids is 2. The molecule has 3 aromatic rings. The number of ether oxygens (including phenoxy) is 2. The number of hydrogen-bond donors (Lipinski definition) is 2. The van der Waals surface area contributed by atoms with Gasteiger partial charge in [0.1, 0.15) is 12.4 Å². The Morgan fingerprint density at radius 2 is 2.00 bits per heavy atom. The lowest BCUT2D eigenvalue weighted by atomic mass is 9.95. The van der Waals surface area contributed by atoms with Crippen LogP contribution in [0.25, 0.3) is 0 Å². The summed E-state index contributed by atoms with van der Waals surface area (Å²) < 4.78 is 13.4. The topological polar surface area (TPSA) is 95.7 Å². The molecule has 4 rings (SSSR count). The highest BCUT2D eigenvalue weighted by atomic mass is 32.1. The summed E-state index contributed by atoms with van der Waals surface area (Å²) in [6, 6.07) is 8.14. The maximum atomic E-state index is 13.4. The Balaban J connectivity index is 1.71. The normalized spacial score (nSPS) is 15.8. The van der Waals surface area contributed by atoms with Gasteiger partial charge in [0.05, 0.1) is 36.3 Å². The molecule has 0 aliphatic carbocycles. The molecule has 0 radical (unpaired) electrons. The van der Waals surface area contributed by atoms with E-state index >= 15 is 0 Å². The first kappa shape index (κ1) is 23.6. The van der Waals surface area contributed by atoms with Crippen LogP contribution in [0.15, 0.2) is 65.8 Å². The zero-order chi connectivity index (χ0) is 24.1. The summed E-state index contributed by atoms with van der Waals surface area (Å²) >= 11 is 1.28. The number of ketones is 1. The molecule has 1 atom stereocenters. The summed E-state index contributed by atoms with van der Waals surface area (Å²) in [6.45, 7) is 5.73. The molecule has 2 aromatic heterocycles. The molecule has 1 aliphatic heterocycles. The van der Waals surface area contributed by atoms with Gasteiger partial charge in [-0.15, -0.1) is 11.3 Å². The Labute approximate surface area is 202 Å². The van der Waals surface area contributed by atoms with Crippen molar-refractivity contribution in [3.8, 4) is 11.5 Å². The minimum Gasteiger partial charge on any atom is -0.503 e. The van der Waals surface area contributed by atoms with E-state index in [-0.39, 0.29) is 11.4 Å². The Bertz CT molecular complexity index is 1170. The van der Waals surface area contributed by atoms with E-state index in [0.717, 1.165) is 0 Å². The fraction of sp³-hybridized carbons (Fsp3) is 0.320. The number of thiophene rings is 1. The minimum atomic E-state index is -0.729. The Kier molecular flexibility index (Phi) is 7.32. The lowest BCUT2D eigenvalue weighted by Crippen LogP contribution is -2.36. The van der Waals surface area contributed by atoms with Crippen LogP contribution < -0.4 is 14.0 Å². The molecule has 0 bridgehead atoms. The summed E-state index contributed by atoms with van der Waals surface area (Å²) in [5.74, 6) is -0.265. The van der Waals surface area contributed by atoms with Gasteiger partial charge in [-0.25, -0.2) is 4.57 Å². The standard InChI is InChI=1S/C25H27N3O5S/c1-3-32-18-9-8-17(15-19(18)33-4-2)22-21(23(29)20-7-5-14-34-20)24(30)25(31)28(22)12-6-11-27-13-10-26-16-27/h5,7-10,13-16,22H,3-4,6,11-12H2,1-2H3,(H,29,30)/p+1. The molecule has 0 saturated carbocycles. The van der Waals surface area contributed by atoms with E-state index < -0.39 is 17.7 Å². The first-order valence-electron chi connectivity index (χ1n) is 11.3. The Morgan fingerprint density at radius 1 is 1.21 bits per heavy atom. The van der Waals surface area contributed by atoms with E-state index in [0.29, 0.717) is 54.7 Å². The molecule has 2 N–H and O–H groups in total. The van der Waals surface area contributed by atoms with Crippen molar-refractivity contribution in [1.29, 1.82) is 0 Å². The summed E-state index contributed by atoms with van der Waals surface area (Å²) in [4.78, 5) is 31.6. The molecule has 0 fully saturated rings. The Morgan fingerprint density at radius 3 is 2.68 bits per heavy atom. The van der Waals surface area contributed by atoms with E-state index in [1.54, 1.807) is 34.5 Å². The summed E-state index contributed by atoms with van der Waals surface area (Å²) in [6.07, 6.45) is 6.22. The number of carbonyl (C=O) groups is 2. The molecule has 1 unspecified atom stereocenters. The lowest BCUT2D eigenvalue weighted by Gasteiger charge is -2.27. The van der Waals surface area contributed by atoms with E-state index in [1.165, 1.54) is 11.3 Å². The number of amides is 1. The number of aliphatic hydroxyl groups is 1. The first-order valence-corrected chi connectivity index (χ1v) is 12.2. The van der Waals surface area contributed by atoms with E-state index in [4.69, 9.17) is 9.47 Å². The average Bonchev–Trinajstić information content (AvgIpc) is 3.59. The zero-order valence-corrected chi connectivity index (χ0v) is 20.0. The van der Waals surface area contributed by atoms with Gasteiger partial charge in [-0.3, -0.25) is 14.6 Å². The number of aromatic amines is 1. The number of H-pyrrole nitrogens is 1. The predicted octanol–water partition coefficient (Wildman–Crippen LogP) is 3.83. The highest BCUT2D eigenvalue weighted by molar-refractivity contribution is 7.12. The average molecular weight is 483 g/mol. The number of aromatic nitrogens is 2. The molecule has 1 amide bonds. The fourth-order valence-electron chi connectivity index (χ4n) is 4.12. The number of imidazole rings is 1. The molecule has 178 valence electrons. The van der Waals surface area contributed by atoms with E-state index in [9.17, 15) is 14.7 Å². The monoisotopic (exact) mass is 482 g/mol. The molecule has 34 heavy (non-hydrogen) atoms. The van der Waals surface area contributed by atoms with Crippen LogP contribution >= 0.6 is 11.3 Å². The van der Waals surface area contributed by atoms with Crippen LogP contribution in [-0.2, 0) is 11.3 Å². The second-order valence-corrected chi connectivity index (χ2v) is 8.69. The van der Waals surface area contributed by atoms with Gasteiger partial charge in [0, 0.05) is 13.0 Å². The second-order valence-electron chi connectivity index (χ2n) is 7.74. The smallest absolute Gasteiger partial charge is 0.290 e. The third kappa shape index (κ3) is 4.70. The number of aliphatic hydroxyl groups excluding tert-OH is 1. The Hall–Kier alpha value is -3.59. The number of hydrogen-bond acceptors (Lipinski definition) is 6. The molecular weight excluding hydrogens is 454 g/mol. The van der Waals surface area contributed by atoms with Gasteiger partial charge in [-0.05, 0) is 43.0 Å². The molecule has 0 spiro atoms. The molecule has 9 heteroatoms. The maximum Gasteiger partial charge on any atom is 0.290 e. The SMILES string of the molecule is CCOc1ccc(C2C(C(=O)c3cccs3)=C(O)C(=O)N2CCC[n+]2cc[nH]c2)cc1OCC. The third-order valence-corrected chi connectivity index (χ3v) is 6.46. The number of nitrogens with one attached hydrogen (secondary N) is 1. The molecule has 8 nitrogen and oxygen atoms in total. The molecule has 1 aliphatic rings.